The third kappa shape index (κ3) is 16.3. The van der Waals surface area contributed by atoms with Gasteiger partial charge in [-0.3, -0.25) is 0 Å². The number of carbonyl (C=O) groups excluding carboxylic acids is 1. The molecule has 2 aliphatic heterocycles. The molecule has 0 amide bonds. The van der Waals surface area contributed by atoms with Gasteiger partial charge in [-0.15, -0.1) is 0 Å². The van der Waals surface area contributed by atoms with Gasteiger partial charge in [0.2, 0.25) is 0 Å². The zero-order valence-corrected chi connectivity index (χ0v) is 30.3. The summed E-state index contributed by atoms with van der Waals surface area (Å²) in [7, 11) is 1.34. The van der Waals surface area contributed by atoms with E-state index in [1.54, 1.807) is 44.2 Å². The molecular weight excluding hydrogens is 644 g/mol. The molecule has 0 aromatic rings. The van der Waals surface area contributed by atoms with Crippen LogP contribution in [0.5, 0.6) is 0 Å². The lowest BCUT2D eigenvalue weighted by Gasteiger charge is -2.48. The van der Waals surface area contributed by atoms with E-state index in [4.69, 9.17) is 9.47 Å². The first-order valence-corrected chi connectivity index (χ1v) is 17.8. The van der Waals surface area contributed by atoms with E-state index in [2.05, 4.69) is 4.74 Å². The smallest absolute Gasteiger partial charge is 0.333 e. The highest BCUT2D eigenvalue weighted by Crippen LogP contribution is 2.40. The minimum atomic E-state index is -1.13. The third-order valence-corrected chi connectivity index (χ3v) is 9.12. The lowest BCUT2D eigenvalue weighted by atomic mass is 9.87. The second-order valence-corrected chi connectivity index (χ2v) is 14.1. The van der Waals surface area contributed by atoms with Crippen LogP contribution in [0.4, 0.5) is 0 Å². The summed E-state index contributed by atoms with van der Waals surface area (Å²) in [6.45, 7) is 7.12. The standard InChI is InChI=1S/C39H62O11/c1-26(2)37(46)28(4)36(45)23-31(42)20-30(41)19-29(40)16-14-18-35-22-33(44)25-39(50-35)24-32(43)21-34(49-39)17-13-11-9-7-6-8-10-12-15-27(3)38(47)48-5/h6-15,18,26,28-37,40-46H,16-17,19-25H2,1-5H3/b8-6+,9-7+,12-10+,13-11+,18-14+,27-15+/t28-,29+,30+,31-,32-,33+,34+,35-,36-,37-,39+/m0/s1. The van der Waals surface area contributed by atoms with Crippen molar-refractivity contribution in [3.8, 4) is 0 Å². The van der Waals surface area contributed by atoms with Crippen molar-refractivity contribution < 1.29 is 54.8 Å². The molecule has 0 aliphatic carbocycles. The average molecular weight is 707 g/mol. The van der Waals surface area contributed by atoms with E-state index in [1.807, 2.05) is 50.3 Å². The highest BCUT2D eigenvalue weighted by Gasteiger charge is 2.47. The van der Waals surface area contributed by atoms with Crippen LogP contribution in [-0.2, 0) is 19.0 Å². The largest absolute Gasteiger partial charge is 0.466 e. The summed E-state index contributed by atoms with van der Waals surface area (Å²) in [6, 6.07) is 0. The van der Waals surface area contributed by atoms with Crippen LogP contribution in [-0.4, -0.2) is 110 Å². The Morgan fingerprint density at radius 3 is 2.02 bits per heavy atom. The van der Waals surface area contributed by atoms with Crippen LogP contribution < -0.4 is 0 Å². The van der Waals surface area contributed by atoms with Gasteiger partial charge in [0.05, 0.1) is 62.0 Å². The predicted molar refractivity (Wildman–Crippen MR) is 192 cm³/mol. The highest BCUT2D eigenvalue weighted by atomic mass is 16.7. The van der Waals surface area contributed by atoms with Gasteiger partial charge in [-0.1, -0.05) is 87.6 Å². The lowest BCUT2D eigenvalue weighted by molar-refractivity contribution is -0.331. The van der Waals surface area contributed by atoms with Crippen LogP contribution in [0.1, 0.15) is 85.5 Å². The number of esters is 1. The molecule has 50 heavy (non-hydrogen) atoms. The van der Waals surface area contributed by atoms with Gasteiger partial charge in [0, 0.05) is 37.2 Å². The number of hydrogen-bond acceptors (Lipinski definition) is 11. The molecule has 0 saturated carbocycles. The molecule has 2 heterocycles. The number of aliphatic hydroxyl groups is 7. The minimum absolute atomic E-state index is 0.0115. The fourth-order valence-electron chi connectivity index (χ4n) is 6.39. The lowest BCUT2D eigenvalue weighted by Crippen LogP contribution is -2.54. The van der Waals surface area contributed by atoms with E-state index in [0.717, 1.165) is 0 Å². The Kier molecular flexibility index (Phi) is 19.7. The van der Waals surface area contributed by atoms with Gasteiger partial charge in [-0.25, -0.2) is 4.79 Å². The van der Waals surface area contributed by atoms with Crippen LogP contribution in [0, 0.1) is 11.8 Å². The average Bonchev–Trinajstić information content (AvgIpc) is 3.03. The molecule has 284 valence electrons. The minimum Gasteiger partial charge on any atom is -0.466 e. The number of hydrogen-bond donors (Lipinski definition) is 7. The summed E-state index contributed by atoms with van der Waals surface area (Å²) < 4.78 is 17.3. The Morgan fingerprint density at radius 2 is 1.38 bits per heavy atom. The molecular formula is C39H62O11. The molecule has 7 N–H and O–H groups in total. The van der Waals surface area contributed by atoms with Crippen molar-refractivity contribution in [3.63, 3.8) is 0 Å². The first kappa shape index (κ1) is 43.7. The van der Waals surface area contributed by atoms with E-state index in [-0.39, 0.29) is 56.5 Å². The monoisotopic (exact) mass is 706 g/mol. The molecule has 1 spiro atoms. The van der Waals surface area contributed by atoms with Gasteiger partial charge < -0.3 is 50.0 Å². The Labute approximate surface area is 298 Å². The molecule has 0 radical (unpaired) electrons. The van der Waals surface area contributed by atoms with Gasteiger partial charge in [-0.05, 0) is 44.9 Å². The maximum atomic E-state index is 11.4. The molecule has 2 rings (SSSR count). The number of ether oxygens (including phenoxy) is 3. The zero-order valence-electron chi connectivity index (χ0n) is 30.3. The van der Waals surface area contributed by atoms with Crippen molar-refractivity contribution in [3.05, 3.63) is 72.4 Å². The predicted octanol–water partition coefficient (Wildman–Crippen LogP) is 3.71. The van der Waals surface area contributed by atoms with Crippen LogP contribution in [0.15, 0.2) is 72.4 Å². The van der Waals surface area contributed by atoms with Crippen molar-refractivity contribution in [2.45, 2.75) is 146 Å². The molecule has 0 aromatic heterocycles. The summed E-state index contributed by atoms with van der Waals surface area (Å²) in [5, 5.41) is 73.2. The number of allylic oxidation sites excluding steroid dienone is 8. The Morgan fingerprint density at radius 1 is 0.800 bits per heavy atom. The summed E-state index contributed by atoms with van der Waals surface area (Å²) >= 11 is 0. The van der Waals surface area contributed by atoms with Gasteiger partial charge in [0.15, 0.2) is 5.79 Å². The van der Waals surface area contributed by atoms with Crippen molar-refractivity contribution in [2.75, 3.05) is 7.11 Å². The molecule has 2 aliphatic rings. The van der Waals surface area contributed by atoms with E-state index < -0.39 is 60.5 Å². The number of methoxy groups -OCH3 is 1. The second kappa shape index (κ2) is 22.5. The first-order valence-electron chi connectivity index (χ1n) is 17.8. The fraction of sp³-hybridized carbons (Fsp3) is 0.667. The van der Waals surface area contributed by atoms with E-state index in [9.17, 15) is 40.5 Å². The molecule has 0 aromatic carbocycles. The van der Waals surface area contributed by atoms with Crippen LogP contribution in [0.25, 0.3) is 0 Å². The molecule has 11 atom stereocenters. The maximum absolute atomic E-state index is 11.4. The number of carbonyl (C=O) groups is 1. The summed E-state index contributed by atoms with van der Waals surface area (Å²) in [5.41, 5.74) is 0.509. The van der Waals surface area contributed by atoms with Crippen molar-refractivity contribution in [2.24, 2.45) is 11.8 Å². The molecule has 2 saturated heterocycles. The van der Waals surface area contributed by atoms with Crippen LogP contribution in [0.2, 0.25) is 0 Å². The summed E-state index contributed by atoms with van der Waals surface area (Å²) in [4.78, 5) is 11.4. The summed E-state index contributed by atoms with van der Waals surface area (Å²) in [6.07, 6.45) is 15.4. The molecule has 11 heteroatoms. The maximum Gasteiger partial charge on any atom is 0.333 e. The Hall–Kier alpha value is -2.45. The SMILES string of the molecule is COC(=O)/C(C)=C/C=C/C=C/C=C/C=C/C[C@@H]1C[C@H](O)C[C@@]2(C[C@H](O)C[C@H](/C=C/C[C@@H](O)C[C@@H](O)C[C@H](O)C[C@H](O)[C@H](C)[C@@H](O)C(C)C)O2)O1. The zero-order chi connectivity index (χ0) is 37.3. The molecule has 0 unspecified atom stereocenters. The van der Waals surface area contributed by atoms with Crippen LogP contribution in [0.3, 0.4) is 0 Å². The fourth-order valence-corrected chi connectivity index (χ4v) is 6.39. The molecule has 0 bridgehead atoms. The quantitative estimate of drug-likeness (QED) is 0.0450. The Bertz CT molecular complexity index is 1170. The molecule has 2 fully saturated rings. The van der Waals surface area contributed by atoms with Crippen molar-refractivity contribution in [1.29, 1.82) is 0 Å². The number of rotatable bonds is 19. The van der Waals surface area contributed by atoms with Gasteiger partial charge in [0.1, 0.15) is 0 Å². The second-order valence-electron chi connectivity index (χ2n) is 14.1. The van der Waals surface area contributed by atoms with E-state index in [1.165, 1.54) is 7.11 Å². The summed E-state index contributed by atoms with van der Waals surface area (Å²) in [5.74, 6) is -1.95. The highest BCUT2D eigenvalue weighted by molar-refractivity contribution is 5.87. The van der Waals surface area contributed by atoms with Gasteiger partial charge in [0.25, 0.3) is 0 Å². The van der Waals surface area contributed by atoms with E-state index in [0.29, 0.717) is 24.8 Å². The van der Waals surface area contributed by atoms with Crippen molar-refractivity contribution in [1.82, 2.24) is 0 Å². The Balaban J connectivity index is 1.82. The van der Waals surface area contributed by atoms with E-state index >= 15 is 0 Å². The first-order chi connectivity index (χ1) is 23.6. The normalized spacial score (nSPS) is 29.1. The van der Waals surface area contributed by atoms with Gasteiger partial charge >= 0.3 is 5.97 Å². The number of aliphatic hydroxyl groups excluding tert-OH is 7. The third-order valence-electron chi connectivity index (χ3n) is 9.12. The van der Waals surface area contributed by atoms with Crippen molar-refractivity contribution >= 4 is 5.97 Å². The van der Waals surface area contributed by atoms with Gasteiger partial charge in [-0.2, -0.15) is 0 Å². The van der Waals surface area contributed by atoms with Crippen LogP contribution >= 0.6 is 0 Å². The molecule has 11 nitrogen and oxygen atoms in total. The topological polar surface area (TPSA) is 186 Å².